The number of carbonyl (C=O) groups excluding carboxylic acids is 1. The Bertz CT molecular complexity index is 641. The zero-order valence-electron chi connectivity index (χ0n) is 11.0. The summed E-state index contributed by atoms with van der Waals surface area (Å²) in [7, 11) is 1.72. The molecule has 20 heavy (non-hydrogen) atoms. The van der Waals surface area contributed by atoms with E-state index in [0.717, 1.165) is 10.0 Å². The number of anilines is 2. The van der Waals surface area contributed by atoms with E-state index < -0.39 is 0 Å². The molecule has 6 heteroatoms. The Morgan fingerprint density at radius 2 is 2.15 bits per heavy atom. The first kappa shape index (κ1) is 14.8. The monoisotopic (exact) mass is 353 g/mol. The average molecular weight is 355 g/mol. The van der Waals surface area contributed by atoms with Gasteiger partial charge in [-0.2, -0.15) is 0 Å². The van der Waals surface area contributed by atoms with Crippen LogP contribution in [-0.2, 0) is 0 Å². The number of aromatic nitrogens is 1. The van der Waals surface area contributed by atoms with Crippen LogP contribution in [0, 0.1) is 6.92 Å². The molecular weight excluding hydrogens is 342 g/mol. The number of benzene rings is 1. The second kappa shape index (κ2) is 6.24. The minimum atomic E-state index is -0.264. The molecule has 1 amide bonds. The number of pyridine rings is 1. The standard InChI is InChI=1S/C14H13BrClN3O/c1-8-4-3-5-11(16)12(8)19-14(20)10-6-9(15)7-18-13(10)17-2/h3-7H,1-2H3,(H,17,18)(H,19,20). The van der Waals surface area contributed by atoms with Crippen LogP contribution in [0.15, 0.2) is 34.9 Å². The van der Waals surface area contributed by atoms with E-state index in [1.165, 1.54) is 0 Å². The van der Waals surface area contributed by atoms with Gasteiger partial charge in [-0.05, 0) is 40.5 Å². The molecule has 0 saturated carbocycles. The Labute approximate surface area is 130 Å². The summed E-state index contributed by atoms with van der Waals surface area (Å²) in [6.45, 7) is 1.89. The molecular formula is C14H13BrClN3O. The van der Waals surface area contributed by atoms with E-state index in [0.29, 0.717) is 22.1 Å². The van der Waals surface area contributed by atoms with E-state index in [1.54, 1.807) is 25.4 Å². The van der Waals surface area contributed by atoms with E-state index in [2.05, 4.69) is 31.5 Å². The number of halogens is 2. The average Bonchev–Trinajstić information content (AvgIpc) is 2.43. The summed E-state index contributed by atoms with van der Waals surface area (Å²) in [5.74, 6) is 0.245. The molecule has 0 fully saturated rings. The van der Waals surface area contributed by atoms with Gasteiger partial charge in [0.25, 0.3) is 5.91 Å². The molecule has 0 bridgehead atoms. The lowest BCUT2D eigenvalue weighted by atomic mass is 10.2. The molecule has 1 heterocycles. The van der Waals surface area contributed by atoms with Crippen molar-refractivity contribution in [2.45, 2.75) is 6.92 Å². The number of carbonyl (C=O) groups is 1. The highest BCUT2D eigenvalue weighted by Crippen LogP contribution is 2.27. The molecule has 0 unspecified atom stereocenters. The van der Waals surface area contributed by atoms with Crippen LogP contribution in [-0.4, -0.2) is 17.9 Å². The fourth-order valence-electron chi connectivity index (χ4n) is 1.78. The number of rotatable bonds is 3. The molecule has 1 aromatic carbocycles. The molecule has 2 aromatic rings. The third-order valence-corrected chi connectivity index (χ3v) is 3.54. The van der Waals surface area contributed by atoms with Crippen molar-refractivity contribution < 1.29 is 4.79 Å². The number of para-hydroxylation sites is 1. The van der Waals surface area contributed by atoms with Crippen LogP contribution in [0.2, 0.25) is 5.02 Å². The van der Waals surface area contributed by atoms with E-state index >= 15 is 0 Å². The Morgan fingerprint density at radius 3 is 2.80 bits per heavy atom. The summed E-state index contributed by atoms with van der Waals surface area (Å²) in [5.41, 5.74) is 1.96. The minimum absolute atomic E-state index is 0.264. The van der Waals surface area contributed by atoms with Gasteiger partial charge >= 0.3 is 0 Å². The molecule has 104 valence electrons. The summed E-state index contributed by atoms with van der Waals surface area (Å²) < 4.78 is 0.734. The summed E-state index contributed by atoms with van der Waals surface area (Å²) >= 11 is 9.42. The lowest BCUT2D eigenvalue weighted by molar-refractivity contribution is 0.102. The number of hydrogen-bond acceptors (Lipinski definition) is 3. The molecule has 0 aliphatic heterocycles. The first-order chi connectivity index (χ1) is 9.52. The SMILES string of the molecule is CNc1ncc(Br)cc1C(=O)Nc1c(C)cccc1Cl. The molecule has 0 saturated heterocycles. The Kier molecular flexibility index (Phi) is 4.62. The quantitative estimate of drug-likeness (QED) is 0.872. The van der Waals surface area contributed by atoms with Gasteiger partial charge < -0.3 is 10.6 Å². The van der Waals surface area contributed by atoms with Gasteiger partial charge in [-0.1, -0.05) is 23.7 Å². The van der Waals surface area contributed by atoms with Gasteiger partial charge in [-0.15, -0.1) is 0 Å². The first-order valence-electron chi connectivity index (χ1n) is 5.92. The van der Waals surface area contributed by atoms with Crippen LogP contribution in [0.5, 0.6) is 0 Å². The second-order valence-electron chi connectivity index (χ2n) is 4.19. The molecule has 0 radical (unpaired) electrons. The highest BCUT2D eigenvalue weighted by molar-refractivity contribution is 9.10. The fourth-order valence-corrected chi connectivity index (χ4v) is 2.38. The second-order valence-corrected chi connectivity index (χ2v) is 5.51. The molecule has 0 spiro atoms. The third-order valence-electron chi connectivity index (χ3n) is 2.80. The largest absolute Gasteiger partial charge is 0.372 e. The highest BCUT2D eigenvalue weighted by Gasteiger charge is 2.15. The van der Waals surface area contributed by atoms with Crippen LogP contribution in [0.3, 0.4) is 0 Å². The van der Waals surface area contributed by atoms with E-state index in [9.17, 15) is 4.79 Å². The highest BCUT2D eigenvalue weighted by atomic mass is 79.9. The van der Waals surface area contributed by atoms with Gasteiger partial charge in [0, 0.05) is 17.7 Å². The van der Waals surface area contributed by atoms with E-state index in [1.807, 2.05) is 19.1 Å². The number of nitrogens with zero attached hydrogens (tertiary/aromatic N) is 1. The van der Waals surface area contributed by atoms with Crippen molar-refractivity contribution in [2.24, 2.45) is 0 Å². The molecule has 2 rings (SSSR count). The predicted molar refractivity (Wildman–Crippen MR) is 85.6 cm³/mol. The van der Waals surface area contributed by atoms with Gasteiger partial charge in [0.1, 0.15) is 5.82 Å². The van der Waals surface area contributed by atoms with Crippen molar-refractivity contribution in [1.29, 1.82) is 0 Å². The van der Waals surface area contributed by atoms with Crippen LogP contribution in [0.4, 0.5) is 11.5 Å². The normalized spacial score (nSPS) is 10.2. The molecule has 2 N–H and O–H groups in total. The van der Waals surface area contributed by atoms with Crippen LogP contribution in [0.1, 0.15) is 15.9 Å². The number of nitrogens with one attached hydrogen (secondary N) is 2. The van der Waals surface area contributed by atoms with Crippen molar-refractivity contribution in [1.82, 2.24) is 4.98 Å². The Morgan fingerprint density at radius 1 is 1.40 bits per heavy atom. The zero-order chi connectivity index (χ0) is 14.7. The molecule has 4 nitrogen and oxygen atoms in total. The lowest BCUT2D eigenvalue weighted by Gasteiger charge is -2.12. The van der Waals surface area contributed by atoms with Crippen molar-refractivity contribution in [3.05, 3.63) is 51.1 Å². The third kappa shape index (κ3) is 3.11. The molecule has 0 atom stereocenters. The van der Waals surface area contributed by atoms with Gasteiger partial charge in [-0.25, -0.2) is 4.98 Å². The smallest absolute Gasteiger partial charge is 0.259 e. The lowest BCUT2D eigenvalue weighted by Crippen LogP contribution is -2.15. The minimum Gasteiger partial charge on any atom is -0.372 e. The van der Waals surface area contributed by atoms with E-state index in [4.69, 9.17) is 11.6 Å². The maximum atomic E-state index is 12.4. The van der Waals surface area contributed by atoms with Crippen LogP contribution < -0.4 is 10.6 Å². The Balaban J connectivity index is 2.35. The molecule has 0 aliphatic rings. The Hall–Kier alpha value is -1.59. The summed E-state index contributed by atoms with van der Waals surface area (Å²) in [6.07, 6.45) is 1.63. The number of aryl methyl sites for hydroxylation is 1. The van der Waals surface area contributed by atoms with Gasteiger partial charge in [0.15, 0.2) is 0 Å². The maximum absolute atomic E-state index is 12.4. The number of hydrogen-bond donors (Lipinski definition) is 2. The fraction of sp³-hybridized carbons (Fsp3) is 0.143. The van der Waals surface area contributed by atoms with Crippen molar-refractivity contribution >= 4 is 44.9 Å². The van der Waals surface area contributed by atoms with Crippen LogP contribution in [0.25, 0.3) is 0 Å². The van der Waals surface area contributed by atoms with Gasteiger partial charge in [0.05, 0.1) is 16.3 Å². The van der Waals surface area contributed by atoms with Crippen molar-refractivity contribution in [3.8, 4) is 0 Å². The molecule has 0 aliphatic carbocycles. The summed E-state index contributed by atoms with van der Waals surface area (Å²) in [6, 6.07) is 7.18. The zero-order valence-corrected chi connectivity index (χ0v) is 13.3. The van der Waals surface area contributed by atoms with Gasteiger partial charge in [-0.3, -0.25) is 4.79 Å². The first-order valence-corrected chi connectivity index (χ1v) is 7.09. The van der Waals surface area contributed by atoms with E-state index in [-0.39, 0.29) is 5.91 Å². The van der Waals surface area contributed by atoms with Crippen molar-refractivity contribution in [2.75, 3.05) is 17.7 Å². The summed E-state index contributed by atoms with van der Waals surface area (Å²) in [4.78, 5) is 16.5. The van der Waals surface area contributed by atoms with Crippen molar-refractivity contribution in [3.63, 3.8) is 0 Å². The van der Waals surface area contributed by atoms with Gasteiger partial charge in [0.2, 0.25) is 0 Å². The maximum Gasteiger partial charge on any atom is 0.259 e. The summed E-state index contributed by atoms with van der Waals surface area (Å²) in [5, 5.41) is 6.22. The number of amides is 1. The van der Waals surface area contributed by atoms with Crippen LogP contribution >= 0.6 is 27.5 Å². The molecule has 1 aromatic heterocycles. The topological polar surface area (TPSA) is 54.0 Å². The predicted octanol–water partition coefficient (Wildman–Crippen LogP) is 4.10.